The van der Waals surface area contributed by atoms with Gasteiger partial charge in [0.05, 0.1) is 0 Å². The molecule has 0 spiro atoms. The van der Waals surface area contributed by atoms with Crippen LogP contribution in [-0.2, 0) is 0 Å². The molecule has 0 amide bonds. The lowest BCUT2D eigenvalue weighted by Gasteiger charge is -2.01. The van der Waals surface area contributed by atoms with E-state index in [-0.39, 0.29) is 17.1 Å². The van der Waals surface area contributed by atoms with Gasteiger partial charge < -0.3 is 5.73 Å². The van der Waals surface area contributed by atoms with Gasteiger partial charge in [0, 0.05) is 17.3 Å². The van der Waals surface area contributed by atoms with E-state index < -0.39 is 11.6 Å². The van der Waals surface area contributed by atoms with Crippen LogP contribution >= 0.6 is 0 Å². The van der Waals surface area contributed by atoms with Gasteiger partial charge in [-0.3, -0.25) is 5.10 Å². The van der Waals surface area contributed by atoms with Crippen molar-refractivity contribution in [2.75, 3.05) is 5.73 Å². The number of H-pyrrole nitrogens is 1. The van der Waals surface area contributed by atoms with Crippen LogP contribution in [0.1, 0.15) is 5.82 Å². The highest BCUT2D eigenvalue weighted by atomic mass is 19.2. The Kier molecular flexibility index (Phi) is 2.11. The minimum atomic E-state index is -0.983. The number of hydrogen-bond donors (Lipinski definition) is 2. The topological polar surface area (TPSA) is 67.6 Å². The van der Waals surface area contributed by atoms with E-state index >= 15 is 0 Å². The summed E-state index contributed by atoms with van der Waals surface area (Å²) < 4.78 is 25.7. The highest BCUT2D eigenvalue weighted by Crippen LogP contribution is 2.25. The molecule has 0 aliphatic carbocycles. The zero-order valence-electron chi connectivity index (χ0n) is 7.88. The predicted molar refractivity (Wildman–Crippen MR) is 50.9 cm³/mol. The van der Waals surface area contributed by atoms with Crippen LogP contribution in [0.15, 0.2) is 12.1 Å². The Morgan fingerprint density at radius 3 is 2.53 bits per heavy atom. The van der Waals surface area contributed by atoms with E-state index in [1.165, 1.54) is 0 Å². The summed E-state index contributed by atoms with van der Waals surface area (Å²) in [6, 6.07) is 1.89. The molecule has 1 aromatic heterocycles. The van der Waals surface area contributed by atoms with Gasteiger partial charge in [-0.2, -0.15) is 5.10 Å². The van der Waals surface area contributed by atoms with Gasteiger partial charge in [-0.15, -0.1) is 0 Å². The quantitative estimate of drug-likeness (QED) is 0.703. The molecule has 78 valence electrons. The summed E-state index contributed by atoms with van der Waals surface area (Å²) in [4.78, 5) is 3.98. The van der Waals surface area contributed by atoms with Crippen molar-refractivity contribution < 1.29 is 8.78 Å². The van der Waals surface area contributed by atoms with Gasteiger partial charge in [0.2, 0.25) is 0 Å². The van der Waals surface area contributed by atoms with E-state index in [0.717, 1.165) is 12.1 Å². The molecule has 0 saturated heterocycles. The van der Waals surface area contributed by atoms with E-state index in [2.05, 4.69) is 15.2 Å². The first-order valence-corrected chi connectivity index (χ1v) is 4.22. The minimum Gasteiger partial charge on any atom is -0.398 e. The van der Waals surface area contributed by atoms with Gasteiger partial charge in [0.25, 0.3) is 0 Å². The SMILES string of the molecule is Cc1nc(-c2cc(F)c(F)cc2N)n[nH]1. The van der Waals surface area contributed by atoms with Crippen molar-refractivity contribution >= 4 is 5.69 Å². The van der Waals surface area contributed by atoms with E-state index in [0.29, 0.717) is 5.82 Å². The van der Waals surface area contributed by atoms with Crippen molar-refractivity contribution in [3.8, 4) is 11.4 Å². The van der Waals surface area contributed by atoms with Crippen molar-refractivity contribution in [1.82, 2.24) is 15.2 Å². The lowest BCUT2D eigenvalue weighted by atomic mass is 10.1. The van der Waals surface area contributed by atoms with Crippen LogP contribution < -0.4 is 5.73 Å². The molecule has 0 atom stereocenters. The monoisotopic (exact) mass is 210 g/mol. The van der Waals surface area contributed by atoms with Crippen LogP contribution in [0.3, 0.4) is 0 Å². The number of nitrogens with zero attached hydrogens (tertiary/aromatic N) is 2. The van der Waals surface area contributed by atoms with Crippen LogP contribution in [0.2, 0.25) is 0 Å². The maximum Gasteiger partial charge on any atom is 0.183 e. The van der Waals surface area contributed by atoms with Gasteiger partial charge >= 0.3 is 0 Å². The summed E-state index contributed by atoms with van der Waals surface area (Å²) in [5.41, 5.74) is 5.91. The van der Waals surface area contributed by atoms with Crippen molar-refractivity contribution in [3.63, 3.8) is 0 Å². The maximum absolute atomic E-state index is 13.0. The van der Waals surface area contributed by atoms with Crippen LogP contribution in [0.4, 0.5) is 14.5 Å². The van der Waals surface area contributed by atoms with Gasteiger partial charge in [-0.25, -0.2) is 13.8 Å². The van der Waals surface area contributed by atoms with E-state index in [1.54, 1.807) is 6.92 Å². The Balaban J connectivity index is 2.58. The first-order valence-electron chi connectivity index (χ1n) is 4.22. The van der Waals surface area contributed by atoms with Gasteiger partial charge in [-0.1, -0.05) is 0 Å². The first kappa shape index (κ1) is 9.57. The summed E-state index contributed by atoms with van der Waals surface area (Å²) in [5, 5.41) is 6.41. The lowest BCUT2D eigenvalue weighted by molar-refractivity contribution is 0.509. The molecule has 0 aliphatic heterocycles. The second kappa shape index (κ2) is 3.30. The summed E-state index contributed by atoms with van der Waals surface area (Å²) in [5.74, 6) is -1.12. The predicted octanol–water partition coefficient (Wildman–Crippen LogP) is 1.64. The van der Waals surface area contributed by atoms with Crippen LogP contribution in [0.25, 0.3) is 11.4 Å². The number of anilines is 1. The Hall–Kier alpha value is -1.98. The molecule has 0 bridgehead atoms. The fourth-order valence-electron chi connectivity index (χ4n) is 1.22. The number of nitrogens with one attached hydrogen (secondary N) is 1. The number of hydrogen-bond acceptors (Lipinski definition) is 3. The standard InChI is InChI=1S/C9H8F2N4/c1-4-13-9(15-14-4)5-2-6(10)7(11)3-8(5)12/h2-3H,12H2,1H3,(H,13,14,15). The summed E-state index contributed by atoms with van der Waals surface area (Å²) in [6.07, 6.45) is 0. The fraction of sp³-hybridized carbons (Fsp3) is 0.111. The van der Waals surface area contributed by atoms with Crippen LogP contribution in [0, 0.1) is 18.6 Å². The first-order chi connectivity index (χ1) is 7.08. The smallest absolute Gasteiger partial charge is 0.183 e. The third-order valence-electron chi connectivity index (χ3n) is 1.93. The average Bonchev–Trinajstić information content (AvgIpc) is 2.58. The molecule has 4 nitrogen and oxygen atoms in total. The highest BCUT2D eigenvalue weighted by Gasteiger charge is 2.12. The molecule has 3 N–H and O–H groups in total. The largest absolute Gasteiger partial charge is 0.398 e. The molecular formula is C9H8F2N4. The maximum atomic E-state index is 13.0. The Bertz CT molecular complexity index is 507. The molecule has 0 saturated carbocycles. The number of aryl methyl sites for hydroxylation is 1. The number of halogens is 2. The third-order valence-corrected chi connectivity index (χ3v) is 1.93. The molecule has 2 aromatic rings. The highest BCUT2D eigenvalue weighted by molar-refractivity contribution is 5.71. The molecule has 2 rings (SSSR count). The van der Waals surface area contributed by atoms with Crippen molar-refractivity contribution in [3.05, 3.63) is 29.6 Å². The molecule has 6 heteroatoms. The molecule has 0 fully saturated rings. The number of aromatic nitrogens is 3. The second-order valence-corrected chi connectivity index (χ2v) is 3.10. The number of nitrogens with two attached hydrogens (primary N) is 1. The van der Waals surface area contributed by atoms with Crippen LogP contribution in [-0.4, -0.2) is 15.2 Å². The molecule has 1 aromatic carbocycles. The minimum absolute atomic E-state index is 0.105. The molecule has 15 heavy (non-hydrogen) atoms. The van der Waals surface area contributed by atoms with Crippen molar-refractivity contribution in [1.29, 1.82) is 0 Å². The Labute approximate surface area is 84.1 Å². The number of benzene rings is 1. The van der Waals surface area contributed by atoms with Crippen molar-refractivity contribution in [2.45, 2.75) is 6.92 Å². The molecule has 0 aliphatic rings. The van der Waals surface area contributed by atoms with Gasteiger partial charge in [0.15, 0.2) is 17.5 Å². The Morgan fingerprint density at radius 1 is 1.27 bits per heavy atom. The number of rotatable bonds is 1. The molecule has 0 radical (unpaired) electrons. The van der Waals surface area contributed by atoms with Gasteiger partial charge in [-0.05, 0) is 13.0 Å². The van der Waals surface area contributed by atoms with Crippen LogP contribution in [0.5, 0.6) is 0 Å². The fourth-order valence-corrected chi connectivity index (χ4v) is 1.22. The van der Waals surface area contributed by atoms with E-state index in [9.17, 15) is 8.78 Å². The molecule has 1 heterocycles. The summed E-state index contributed by atoms with van der Waals surface area (Å²) in [6.45, 7) is 1.70. The summed E-state index contributed by atoms with van der Waals surface area (Å²) >= 11 is 0. The zero-order valence-corrected chi connectivity index (χ0v) is 7.88. The third kappa shape index (κ3) is 1.65. The second-order valence-electron chi connectivity index (χ2n) is 3.10. The van der Waals surface area contributed by atoms with E-state index in [1.807, 2.05) is 0 Å². The lowest BCUT2D eigenvalue weighted by Crippen LogP contribution is -1.95. The van der Waals surface area contributed by atoms with Crippen molar-refractivity contribution in [2.24, 2.45) is 0 Å². The zero-order chi connectivity index (χ0) is 11.0. The number of aromatic amines is 1. The Morgan fingerprint density at radius 2 is 1.93 bits per heavy atom. The average molecular weight is 210 g/mol. The molecular weight excluding hydrogens is 202 g/mol. The molecule has 0 unspecified atom stereocenters. The van der Waals surface area contributed by atoms with E-state index in [4.69, 9.17) is 5.73 Å². The number of nitrogen functional groups attached to an aromatic ring is 1. The normalized spacial score (nSPS) is 10.6. The summed E-state index contributed by atoms with van der Waals surface area (Å²) in [7, 11) is 0. The van der Waals surface area contributed by atoms with Gasteiger partial charge in [0.1, 0.15) is 5.82 Å².